The highest BCUT2D eigenvalue weighted by atomic mass is 32.2. The van der Waals surface area contributed by atoms with Crippen LogP contribution in [0.5, 0.6) is 5.75 Å². The Hall–Kier alpha value is -3.63. The topological polar surface area (TPSA) is 87.5 Å². The molecule has 1 fully saturated rings. The second kappa shape index (κ2) is 9.25. The lowest BCUT2D eigenvalue weighted by molar-refractivity contribution is -0.121. The average Bonchev–Trinajstić information content (AvgIpc) is 3.18. The van der Waals surface area contributed by atoms with E-state index >= 15 is 0 Å². The van der Waals surface area contributed by atoms with Gasteiger partial charge in [-0.25, -0.2) is 8.42 Å². The summed E-state index contributed by atoms with van der Waals surface area (Å²) >= 11 is 0. The van der Waals surface area contributed by atoms with Gasteiger partial charge in [0.25, 0.3) is 5.91 Å². The molecular weight excluding hydrogens is 424 g/mol. The molecule has 1 saturated heterocycles. The van der Waals surface area contributed by atoms with Crippen molar-refractivity contribution in [2.24, 2.45) is 0 Å². The standard InChI is InChI=1S/C25H22N2O4S/c26-16-19-6-8-20(9-7-19)21-10-12-24(13-11-21)31-17-25(28)27(22-4-2-1-3-5-22)23-14-15-32(29,30)18-23/h1-13,23H,14-15,17-18H2/t23-/m1/s1. The summed E-state index contributed by atoms with van der Waals surface area (Å²) in [7, 11) is -3.14. The molecule has 3 aromatic rings. The Morgan fingerprint density at radius 3 is 2.16 bits per heavy atom. The van der Waals surface area contributed by atoms with Gasteiger partial charge in [0.05, 0.1) is 29.2 Å². The molecule has 7 heteroatoms. The molecule has 1 aliphatic rings. The third-order valence-electron chi connectivity index (χ3n) is 5.44. The van der Waals surface area contributed by atoms with Crippen LogP contribution in [0.15, 0.2) is 78.9 Å². The molecule has 6 nitrogen and oxygen atoms in total. The van der Waals surface area contributed by atoms with Gasteiger partial charge in [-0.3, -0.25) is 4.79 Å². The number of rotatable bonds is 6. The van der Waals surface area contributed by atoms with Crippen LogP contribution in [0, 0.1) is 11.3 Å². The number of benzene rings is 3. The highest BCUT2D eigenvalue weighted by Crippen LogP contribution is 2.26. The van der Waals surface area contributed by atoms with E-state index in [1.807, 2.05) is 42.5 Å². The highest BCUT2D eigenvalue weighted by molar-refractivity contribution is 7.91. The van der Waals surface area contributed by atoms with Crippen molar-refractivity contribution in [1.29, 1.82) is 5.26 Å². The molecule has 3 aromatic carbocycles. The quantitative estimate of drug-likeness (QED) is 0.574. The zero-order chi connectivity index (χ0) is 22.6. The molecule has 0 spiro atoms. The minimum absolute atomic E-state index is 0.0348. The number of ether oxygens (including phenoxy) is 1. The molecule has 0 unspecified atom stereocenters. The molecule has 162 valence electrons. The summed E-state index contributed by atoms with van der Waals surface area (Å²) in [6.45, 7) is -0.193. The Bertz CT molecular complexity index is 1230. The van der Waals surface area contributed by atoms with E-state index in [0.717, 1.165) is 11.1 Å². The van der Waals surface area contributed by atoms with Gasteiger partial charge in [-0.15, -0.1) is 0 Å². The molecule has 0 aliphatic carbocycles. The molecule has 32 heavy (non-hydrogen) atoms. The van der Waals surface area contributed by atoms with Gasteiger partial charge in [0.2, 0.25) is 0 Å². The molecule has 0 N–H and O–H groups in total. The Morgan fingerprint density at radius 1 is 0.969 bits per heavy atom. The van der Waals surface area contributed by atoms with Crippen molar-refractivity contribution >= 4 is 21.4 Å². The van der Waals surface area contributed by atoms with Crippen LogP contribution in [0.25, 0.3) is 11.1 Å². The van der Waals surface area contributed by atoms with Crippen LogP contribution < -0.4 is 9.64 Å². The summed E-state index contributed by atoms with van der Waals surface area (Å²) < 4.78 is 29.7. The minimum atomic E-state index is -3.14. The molecule has 1 atom stereocenters. The SMILES string of the molecule is N#Cc1ccc(-c2ccc(OCC(=O)N(c3ccccc3)[C@@H]3CCS(=O)(=O)C3)cc2)cc1. The van der Waals surface area contributed by atoms with Crippen LogP contribution in [0.2, 0.25) is 0 Å². The number of amides is 1. The third kappa shape index (κ3) is 4.98. The van der Waals surface area contributed by atoms with Crippen molar-refractivity contribution in [2.75, 3.05) is 23.0 Å². The van der Waals surface area contributed by atoms with Crippen molar-refractivity contribution in [3.63, 3.8) is 0 Å². The summed E-state index contributed by atoms with van der Waals surface area (Å²) in [5.74, 6) is 0.316. The number of hydrogen-bond acceptors (Lipinski definition) is 5. The van der Waals surface area contributed by atoms with Gasteiger partial charge in [-0.2, -0.15) is 5.26 Å². The zero-order valence-electron chi connectivity index (χ0n) is 17.3. The number of hydrogen-bond donors (Lipinski definition) is 0. The Labute approximate surface area is 187 Å². The van der Waals surface area contributed by atoms with Crippen LogP contribution in [-0.2, 0) is 14.6 Å². The normalized spacial score (nSPS) is 16.8. The molecule has 0 bridgehead atoms. The van der Waals surface area contributed by atoms with Gasteiger partial charge in [0.15, 0.2) is 16.4 Å². The van der Waals surface area contributed by atoms with E-state index in [1.165, 1.54) is 0 Å². The summed E-state index contributed by atoms with van der Waals surface area (Å²) in [5, 5.41) is 8.92. The van der Waals surface area contributed by atoms with Crippen LogP contribution in [-0.4, -0.2) is 38.5 Å². The summed E-state index contributed by atoms with van der Waals surface area (Å²) in [6.07, 6.45) is 0.419. The van der Waals surface area contributed by atoms with Gasteiger partial charge in [-0.1, -0.05) is 42.5 Å². The van der Waals surface area contributed by atoms with Crippen molar-refractivity contribution in [1.82, 2.24) is 0 Å². The number of sulfone groups is 1. The van der Waals surface area contributed by atoms with E-state index in [1.54, 1.807) is 41.3 Å². The summed E-state index contributed by atoms with van der Waals surface area (Å²) in [6, 6.07) is 25.4. The third-order valence-corrected chi connectivity index (χ3v) is 7.19. The van der Waals surface area contributed by atoms with Gasteiger partial charge < -0.3 is 9.64 Å². The Morgan fingerprint density at radius 2 is 1.59 bits per heavy atom. The predicted octanol–water partition coefficient (Wildman–Crippen LogP) is 3.82. The fraction of sp³-hybridized carbons (Fsp3) is 0.200. The summed E-state index contributed by atoms with van der Waals surface area (Å²) in [4.78, 5) is 14.6. The largest absolute Gasteiger partial charge is 0.484 e. The second-order valence-corrected chi connectivity index (χ2v) is 9.89. The number of anilines is 1. The van der Waals surface area contributed by atoms with Crippen LogP contribution in [0.1, 0.15) is 12.0 Å². The molecule has 4 rings (SSSR count). The number of carbonyl (C=O) groups excluding carboxylic acids is 1. The van der Waals surface area contributed by atoms with E-state index in [0.29, 0.717) is 23.4 Å². The van der Waals surface area contributed by atoms with Gasteiger partial charge >= 0.3 is 0 Å². The molecule has 1 aliphatic heterocycles. The summed E-state index contributed by atoms with van der Waals surface area (Å²) in [5.41, 5.74) is 3.21. The Balaban J connectivity index is 1.45. The van der Waals surface area contributed by atoms with Crippen molar-refractivity contribution in [3.8, 4) is 22.9 Å². The number of nitrogens with zero attached hydrogens (tertiary/aromatic N) is 2. The molecule has 1 amide bonds. The van der Waals surface area contributed by atoms with Gasteiger partial charge in [-0.05, 0) is 53.9 Å². The lowest BCUT2D eigenvalue weighted by Gasteiger charge is -2.28. The second-order valence-electron chi connectivity index (χ2n) is 7.66. The molecule has 1 heterocycles. The fourth-order valence-electron chi connectivity index (χ4n) is 3.82. The first-order valence-electron chi connectivity index (χ1n) is 10.3. The lowest BCUT2D eigenvalue weighted by Crippen LogP contribution is -2.43. The van der Waals surface area contributed by atoms with E-state index in [-0.39, 0.29) is 24.0 Å². The van der Waals surface area contributed by atoms with Gasteiger partial charge in [0.1, 0.15) is 5.75 Å². The fourth-order valence-corrected chi connectivity index (χ4v) is 5.52. The maximum absolute atomic E-state index is 13.0. The monoisotopic (exact) mass is 446 g/mol. The van der Waals surface area contributed by atoms with E-state index in [2.05, 4.69) is 6.07 Å². The number of nitriles is 1. The smallest absolute Gasteiger partial charge is 0.265 e. The molecule has 0 aromatic heterocycles. The van der Waals surface area contributed by atoms with E-state index < -0.39 is 15.9 Å². The molecular formula is C25H22N2O4S. The lowest BCUT2D eigenvalue weighted by atomic mass is 10.0. The van der Waals surface area contributed by atoms with Crippen molar-refractivity contribution < 1.29 is 17.9 Å². The van der Waals surface area contributed by atoms with E-state index in [4.69, 9.17) is 10.00 Å². The maximum atomic E-state index is 13.0. The first-order chi connectivity index (χ1) is 15.4. The van der Waals surface area contributed by atoms with Crippen LogP contribution in [0.4, 0.5) is 5.69 Å². The number of carbonyl (C=O) groups is 1. The van der Waals surface area contributed by atoms with Crippen LogP contribution >= 0.6 is 0 Å². The maximum Gasteiger partial charge on any atom is 0.265 e. The van der Waals surface area contributed by atoms with E-state index in [9.17, 15) is 13.2 Å². The number of para-hydroxylation sites is 1. The zero-order valence-corrected chi connectivity index (χ0v) is 18.2. The van der Waals surface area contributed by atoms with Crippen molar-refractivity contribution in [2.45, 2.75) is 12.5 Å². The predicted molar refractivity (Wildman–Crippen MR) is 123 cm³/mol. The first-order valence-corrected chi connectivity index (χ1v) is 12.1. The molecule has 0 saturated carbocycles. The molecule has 0 radical (unpaired) electrons. The first kappa shape index (κ1) is 21.6. The van der Waals surface area contributed by atoms with Gasteiger partial charge in [0, 0.05) is 5.69 Å². The van der Waals surface area contributed by atoms with Crippen LogP contribution in [0.3, 0.4) is 0 Å². The Kier molecular flexibility index (Phi) is 6.24. The average molecular weight is 447 g/mol. The highest BCUT2D eigenvalue weighted by Gasteiger charge is 2.35. The van der Waals surface area contributed by atoms with Crippen molar-refractivity contribution in [3.05, 3.63) is 84.4 Å². The minimum Gasteiger partial charge on any atom is -0.484 e.